The van der Waals surface area contributed by atoms with E-state index in [0.29, 0.717) is 0 Å². The van der Waals surface area contributed by atoms with Crippen molar-refractivity contribution in [3.05, 3.63) is 54.3 Å². The predicted octanol–water partition coefficient (Wildman–Crippen LogP) is 2.47. The largest absolute Gasteiger partial charge is 0.347 e. The van der Waals surface area contributed by atoms with Gasteiger partial charge in [-0.25, -0.2) is 0 Å². The fourth-order valence-corrected chi connectivity index (χ4v) is 3.05. The van der Waals surface area contributed by atoms with Crippen LogP contribution in [0.25, 0.3) is 17.0 Å². The summed E-state index contributed by atoms with van der Waals surface area (Å²) >= 11 is 5.06. The summed E-state index contributed by atoms with van der Waals surface area (Å²) in [7, 11) is 0. The lowest BCUT2D eigenvalue weighted by Gasteiger charge is -2.27. The van der Waals surface area contributed by atoms with E-state index in [1.807, 2.05) is 37.4 Å². The van der Waals surface area contributed by atoms with Crippen molar-refractivity contribution in [1.29, 1.82) is 0 Å². The quantitative estimate of drug-likeness (QED) is 0.403. The fraction of sp³-hybridized carbons (Fsp3) is 0.167. The molecule has 1 N–H and O–H groups in total. The summed E-state index contributed by atoms with van der Waals surface area (Å²) in [4.78, 5) is 26.2. The van der Waals surface area contributed by atoms with Crippen LogP contribution in [0.4, 0.5) is 0 Å². The molecule has 0 spiro atoms. The van der Waals surface area contributed by atoms with E-state index in [9.17, 15) is 9.59 Å². The van der Waals surface area contributed by atoms with E-state index in [1.165, 1.54) is 4.90 Å². The van der Waals surface area contributed by atoms with Crippen molar-refractivity contribution in [2.45, 2.75) is 13.5 Å². The molecule has 0 bridgehead atoms. The van der Waals surface area contributed by atoms with Gasteiger partial charge in [0.25, 0.3) is 11.8 Å². The second kappa shape index (κ2) is 6.41. The molecule has 0 radical (unpaired) electrons. The highest BCUT2D eigenvalue weighted by Gasteiger charge is 2.32. The van der Waals surface area contributed by atoms with Crippen LogP contribution in [0, 0.1) is 0 Å². The van der Waals surface area contributed by atoms with Gasteiger partial charge in [0, 0.05) is 35.8 Å². The van der Waals surface area contributed by atoms with Gasteiger partial charge in [0.1, 0.15) is 5.57 Å². The maximum atomic E-state index is 12.6. The molecule has 3 rings (SSSR count). The van der Waals surface area contributed by atoms with Gasteiger partial charge in [0.05, 0.1) is 0 Å². The fourth-order valence-electron chi connectivity index (χ4n) is 2.80. The Morgan fingerprint density at radius 1 is 1.29 bits per heavy atom. The van der Waals surface area contributed by atoms with Crippen molar-refractivity contribution in [2.75, 3.05) is 6.54 Å². The van der Waals surface area contributed by atoms with E-state index in [2.05, 4.69) is 16.5 Å². The Hall–Kier alpha value is -2.73. The van der Waals surface area contributed by atoms with Crippen LogP contribution < -0.4 is 5.32 Å². The Morgan fingerprint density at radius 3 is 2.75 bits per heavy atom. The molecule has 6 heteroatoms. The lowest BCUT2D eigenvalue weighted by Crippen LogP contribution is -2.53. The van der Waals surface area contributed by atoms with Crippen LogP contribution >= 0.6 is 12.2 Å². The Balaban J connectivity index is 2.10. The van der Waals surface area contributed by atoms with Gasteiger partial charge in [0.2, 0.25) is 0 Å². The van der Waals surface area contributed by atoms with Crippen molar-refractivity contribution in [3.8, 4) is 0 Å². The summed E-state index contributed by atoms with van der Waals surface area (Å²) in [5.74, 6) is -0.879. The van der Waals surface area contributed by atoms with Crippen LogP contribution in [-0.4, -0.2) is 32.9 Å². The Morgan fingerprint density at radius 2 is 2.04 bits per heavy atom. The van der Waals surface area contributed by atoms with Gasteiger partial charge in [-0.15, -0.1) is 6.58 Å². The molecule has 1 aliphatic heterocycles. The lowest BCUT2D eigenvalue weighted by molar-refractivity contribution is -0.128. The average molecular weight is 339 g/mol. The average Bonchev–Trinajstić information content (AvgIpc) is 2.93. The van der Waals surface area contributed by atoms with Crippen LogP contribution in [0.5, 0.6) is 0 Å². The number of fused-ring (bicyclic) bond motifs is 1. The number of thiocarbonyl (C=S) groups is 1. The highest BCUT2D eigenvalue weighted by Crippen LogP contribution is 2.24. The molecule has 2 aromatic rings. The molecule has 1 saturated heterocycles. The summed E-state index contributed by atoms with van der Waals surface area (Å²) in [5.41, 5.74) is 1.97. The summed E-state index contributed by atoms with van der Waals surface area (Å²) in [6.07, 6.45) is 5.15. The van der Waals surface area contributed by atoms with Crippen LogP contribution in [-0.2, 0) is 16.1 Å². The maximum absolute atomic E-state index is 12.6. The van der Waals surface area contributed by atoms with Gasteiger partial charge in [-0.1, -0.05) is 24.3 Å². The molecule has 1 fully saturated rings. The lowest BCUT2D eigenvalue weighted by atomic mass is 10.1. The van der Waals surface area contributed by atoms with Crippen molar-refractivity contribution in [2.24, 2.45) is 0 Å². The van der Waals surface area contributed by atoms with Gasteiger partial charge in [-0.05, 0) is 31.3 Å². The van der Waals surface area contributed by atoms with Crippen LogP contribution in [0.15, 0.2) is 48.7 Å². The first kappa shape index (κ1) is 16.1. The van der Waals surface area contributed by atoms with Crippen molar-refractivity contribution < 1.29 is 9.59 Å². The number of hydrogen-bond donors (Lipinski definition) is 1. The van der Waals surface area contributed by atoms with Crippen molar-refractivity contribution >= 4 is 46.1 Å². The number of nitrogens with zero attached hydrogens (tertiary/aromatic N) is 2. The molecule has 1 aliphatic rings. The van der Waals surface area contributed by atoms with Gasteiger partial charge >= 0.3 is 0 Å². The van der Waals surface area contributed by atoms with E-state index in [1.54, 1.807) is 12.2 Å². The zero-order chi connectivity index (χ0) is 17.3. The number of benzene rings is 1. The summed E-state index contributed by atoms with van der Waals surface area (Å²) in [5, 5.41) is 3.66. The van der Waals surface area contributed by atoms with Crippen LogP contribution in [0.2, 0.25) is 0 Å². The minimum atomic E-state index is -0.473. The molecular formula is C18H17N3O2S. The molecule has 0 saturated carbocycles. The van der Waals surface area contributed by atoms with Crippen LogP contribution in [0.3, 0.4) is 0 Å². The molecule has 2 heterocycles. The number of para-hydroxylation sites is 1. The second-order valence-corrected chi connectivity index (χ2v) is 5.80. The third-order valence-electron chi connectivity index (χ3n) is 3.96. The topological polar surface area (TPSA) is 54.3 Å². The Labute approximate surface area is 145 Å². The van der Waals surface area contributed by atoms with E-state index in [0.717, 1.165) is 23.0 Å². The number of amides is 2. The first-order chi connectivity index (χ1) is 11.6. The molecule has 0 aliphatic carbocycles. The van der Waals surface area contributed by atoms with E-state index in [4.69, 9.17) is 12.2 Å². The molecule has 0 unspecified atom stereocenters. The summed E-state index contributed by atoms with van der Waals surface area (Å²) in [6.45, 7) is 6.72. The number of carbonyl (C=O) groups is 2. The van der Waals surface area contributed by atoms with Crippen molar-refractivity contribution in [3.63, 3.8) is 0 Å². The first-order valence-corrected chi connectivity index (χ1v) is 8.05. The minimum absolute atomic E-state index is 0.0736. The van der Waals surface area contributed by atoms with Crippen molar-refractivity contribution in [1.82, 2.24) is 14.8 Å². The number of rotatable bonds is 4. The second-order valence-electron chi connectivity index (χ2n) is 5.41. The van der Waals surface area contributed by atoms with Crippen LogP contribution in [0.1, 0.15) is 12.5 Å². The zero-order valence-corrected chi connectivity index (χ0v) is 14.1. The third kappa shape index (κ3) is 2.65. The maximum Gasteiger partial charge on any atom is 0.265 e. The molecule has 0 atom stereocenters. The van der Waals surface area contributed by atoms with Gasteiger partial charge < -0.3 is 4.57 Å². The smallest absolute Gasteiger partial charge is 0.265 e. The molecule has 122 valence electrons. The first-order valence-electron chi connectivity index (χ1n) is 7.64. The highest BCUT2D eigenvalue weighted by molar-refractivity contribution is 7.80. The Kier molecular flexibility index (Phi) is 4.31. The number of aromatic nitrogens is 1. The monoisotopic (exact) mass is 339 g/mol. The summed E-state index contributed by atoms with van der Waals surface area (Å²) in [6, 6.07) is 7.90. The minimum Gasteiger partial charge on any atom is -0.347 e. The van der Waals surface area contributed by atoms with Gasteiger partial charge in [0.15, 0.2) is 5.11 Å². The number of aryl methyl sites for hydroxylation is 1. The summed E-state index contributed by atoms with van der Waals surface area (Å²) < 4.78 is 2.08. The highest BCUT2D eigenvalue weighted by atomic mass is 32.1. The number of hydrogen-bond acceptors (Lipinski definition) is 3. The molecular weight excluding hydrogens is 322 g/mol. The Bertz CT molecular complexity index is 895. The molecule has 1 aromatic carbocycles. The standard InChI is InChI=1S/C18H17N3O2S/c1-3-9-21-17(23)14(16(22)19-18(21)24)10-12-11-20(4-2)15-8-6-5-7-13(12)15/h3,5-8,10-11H,1,4,9H2,2H3,(H,19,22,24)/b14-10+. The molecule has 2 amide bonds. The normalized spacial score (nSPS) is 16.8. The number of nitrogens with one attached hydrogen (secondary N) is 1. The van der Waals surface area contributed by atoms with E-state index in [-0.39, 0.29) is 17.2 Å². The van der Waals surface area contributed by atoms with E-state index >= 15 is 0 Å². The van der Waals surface area contributed by atoms with Gasteiger partial charge in [-0.3, -0.25) is 19.8 Å². The molecule has 5 nitrogen and oxygen atoms in total. The third-order valence-corrected chi connectivity index (χ3v) is 4.28. The zero-order valence-electron chi connectivity index (χ0n) is 13.3. The SMILES string of the molecule is C=CCN1C(=O)/C(=C/c2cn(CC)c3ccccc23)C(=O)NC1=S. The van der Waals surface area contributed by atoms with E-state index < -0.39 is 11.8 Å². The molecule has 24 heavy (non-hydrogen) atoms. The van der Waals surface area contributed by atoms with Gasteiger partial charge in [-0.2, -0.15) is 0 Å². The predicted molar refractivity (Wildman–Crippen MR) is 98.2 cm³/mol. The molecule has 1 aromatic heterocycles. The number of carbonyl (C=O) groups excluding carboxylic acids is 2.